The minimum Gasteiger partial charge on any atom is -0.395 e. The lowest BCUT2D eigenvalue weighted by molar-refractivity contribution is -0.287. The Bertz CT molecular complexity index is 838. The molecule has 3 heterocycles. The third kappa shape index (κ3) is 2.68. The molecule has 0 saturated carbocycles. The molecule has 1 aliphatic rings. The molecule has 5 nitrogen and oxygen atoms in total. The lowest BCUT2D eigenvalue weighted by Crippen LogP contribution is -2.26. The van der Waals surface area contributed by atoms with Crippen molar-refractivity contribution in [2.24, 2.45) is 0 Å². The number of nitrogens with one attached hydrogen (secondary N) is 1. The van der Waals surface area contributed by atoms with Gasteiger partial charge in [-0.3, -0.25) is 4.98 Å². The molecule has 7 heteroatoms. The molecule has 0 bridgehead atoms. The summed E-state index contributed by atoms with van der Waals surface area (Å²) in [6.45, 7) is 0. The number of rotatable bonds is 4. The van der Waals surface area contributed by atoms with Gasteiger partial charge in [-0.2, -0.15) is 0 Å². The molecule has 0 aliphatic carbocycles. The molecule has 0 saturated heterocycles. The van der Waals surface area contributed by atoms with E-state index in [4.69, 9.17) is 4.74 Å². The summed E-state index contributed by atoms with van der Waals surface area (Å²) >= 11 is 0. The van der Waals surface area contributed by atoms with Crippen LogP contribution in [-0.2, 0) is 6.42 Å². The zero-order valence-electron chi connectivity index (χ0n) is 12.4. The van der Waals surface area contributed by atoms with Crippen LogP contribution in [-0.4, -0.2) is 21.2 Å². The molecule has 0 spiro atoms. The number of aromatic amines is 1. The lowest BCUT2D eigenvalue weighted by Gasteiger charge is -2.17. The Morgan fingerprint density at radius 1 is 1.12 bits per heavy atom. The molecule has 3 aromatic rings. The molecule has 1 aliphatic heterocycles. The molecular formula is C17H13F2N3O2. The van der Waals surface area contributed by atoms with Crippen LogP contribution in [0.1, 0.15) is 22.9 Å². The summed E-state index contributed by atoms with van der Waals surface area (Å²) < 4.78 is 36.2. The molecule has 1 N–H and O–H groups in total. The topological polar surface area (TPSA) is 60.0 Å². The Morgan fingerprint density at radius 3 is 2.79 bits per heavy atom. The molecular weight excluding hydrogens is 316 g/mol. The van der Waals surface area contributed by atoms with Crippen molar-refractivity contribution in [2.45, 2.75) is 18.6 Å². The highest BCUT2D eigenvalue weighted by Gasteiger charge is 2.45. The Kier molecular flexibility index (Phi) is 3.41. The molecule has 122 valence electrons. The molecule has 1 atom stereocenters. The zero-order chi connectivity index (χ0) is 16.6. The third-order valence-electron chi connectivity index (χ3n) is 3.87. The van der Waals surface area contributed by atoms with Crippen LogP contribution in [0.2, 0.25) is 0 Å². The van der Waals surface area contributed by atoms with Gasteiger partial charge in [0, 0.05) is 41.7 Å². The zero-order valence-corrected chi connectivity index (χ0v) is 12.4. The summed E-state index contributed by atoms with van der Waals surface area (Å²) in [4.78, 5) is 11.4. The summed E-state index contributed by atoms with van der Waals surface area (Å²) in [7, 11) is 0. The summed E-state index contributed by atoms with van der Waals surface area (Å²) in [5.74, 6) is -0.184. The van der Waals surface area contributed by atoms with Gasteiger partial charge in [-0.1, -0.05) is 18.2 Å². The van der Waals surface area contributed by atoms with Gasteiger partial charge < -0.3 is 14.5 Å². The van der Waals surface area contributed by atoms with Crippen LogP contribution >= 0.6 is 0 Å². The van der Waals surface area contributed by atoms with E-state index >= 15 is 0 Å². The first-order valence-electron chi connectivity index (χ1n) is 7.39. The number of benzene rings is 1. The second-order valence-electron chi connectivity index (χ2n) is 5.43. The second kappa shape index (κ2) is 5.59. The number of aromatic nitrogens is 3. The molecule has 1 aromatic carbocycles. The van der Waals surface area contributed by atoms with Gasteiger partial charge in [-0.05, 0) is 18.2 Å². The number of hydrogen-bond donors (Lipinski definition) is 1. The van der Waals surface area contributed by atoms with Crippen LogP contribution in [0.25, 0.3) is 0 Å². The lowest BCUT2D eigenvalue weighted by atomic mass is 9.90. The summed E-state index contributed by atoms with van der Waals surface area (Å²) in [5.41, 5.74) is 2.22. The highest BCUT2D eigenvalue weighted by atomic mass is 19.3. The van der Waals surface area contributed by atoms with E-state index in [9.17, 15) is 8.78 Å². The van der Waals surface area contributed by atoms with Crippen molar-refractivity contribution in [2.75, 3.05) is 0 Å². The molecule has 0 radical (unpaired) electrons. The van der Waals surface area contributed by atoms with E-state index in [0.717, 1.165) is 11.4 Å². The van der Waals surface area contributed by atoms with E-state index in [0.29, 0.717) is 12.0 Å². The monoisotopic (exact) mass is 329 g/mol. The van der Waals surface area contributed by atoms with Crippen molar-refractivity contribution in [3.05, 3.63) is 72.1 Å². The molecule has 4 rings (SSSR count). The van der Waals surface area contributed by atoms with Gasteiger partial charge >= 0.3 is 6.29 Å². The number of para-hydroxylation sites is 1. The Balaban J connectivity index is 1.77. The predicted octanol–water partition coefficient (Wildman–Crippen LogP) is 3.50. The number of alkyl halides is 2. The smallest absolute Gasteiger partial charge is 0.395 e. The van der Waals surface area contributed by atoms with Crippen molar-refractivity contribution in [3.63, 3.8) is 0 Å². The summed E-state index contributed by atoms with van der Waals surface area (Å²) in [6.07, 6.45) is 1.77. The maximum Gasteiger partial charge on any atom is 0.586 e. The van der Waals surface area contributed by atoms with Crippen molar-refractivity contribution >= 4 is 0 Å². The van der Waals surface area contributed by atoms with Gasteiger partial charge in [0.15, 0.2) is 11.5 Å². The quantitative estimate of drug-likeness (QED) is 0.796. The Morgan fingerprint density at radius 2 is 2.04 bits per heavy atom. The first-order chi connectivity index (χ1) is 11.6. The van der Waals surface area contributed by atoms with Gasteiger partial charge in [0.25, 0.3) is 0 Å². The standard InChI is InChI=1S/C17H13F2N3O2/c18-17(19)23-15-6-3-5-12(16(15)24-17)13(14-9-20-10-22-14)8-11-4-1-2-7-21-11/h1-7,9-10,13H,8H2,(H,20,22)/t13-/m0/s1. The summed E-state index contributed by atoms with van der Waals surface area (Å²) in [6, 6.07) is 10.5. The SMILES string of the molecule is FC1(F)Oc2cccc([C@H](Cc3ccccn3)c3cnc[nH]3)c2O1. The van der Waals surface area contributed by atoms with Crippen LogP contribution in [0.4, 0.5) is 8.78 Å². The average Bonchev–Trinajstić information content (AvgIpc) is 3.19. The minimum atomic E-state index is -3.65. The van der Waals surface area contributed by atoms with Crippen LogP contribution < -0.4 is 9.47 Å². The van der Waals surface area contributed by atoms with Crippen molar-refractivity contribution in [3.8, 4) is 11.5 Å². The van der Waals surface area contributed by atoms with Crippen molar-refractivity contribution in [1.29, 1.82) is 0 Å². The number of fused-ring (bicyclic) bond motifs is 1. The van der Waals surface area contributed by atoms with Gasteiger partial charge in [0.1, 0.15) is 0 Å². The first-order valence-corrected chi connectivity index (χ1v) is 7.39. The molecule has 2 aromatic heterocycles. The van der Waals surface area contributed by atoms with Gasteiger partial charge in [0.2, 0.25) is 0 Å². The van der Waals surface area contributed by atoms with Crippen LogP contribution in [0.3, 0.4) is 0 Å². The highest BCUT2D eigenvalue weighted by molar-refractivity contribution is 5.52. The van der Waals surface area contributed by atoms with Crippen molar-refractivity contribution in [1.82, 2.24) is 15.0 Å². The van der Waals surface area contributed by atoms with E-state index in [-0.39, 0.29) is 17.4 Å². The van der Waals surface area contributed by atoms with Crippen LogP contribution in [0, 0.1) is 0 Å². The number of imidazole rings is 1. The van der Waals surface area contributed by atoms with E-state index in [1.54, 1.807) is 30.9 Å². The van der Waals surface area contributed by atoms with Gasteiger partial charge in [0.05, 0.1) is 6.33 Å². The molecule has 0 fully saturated rings. The molecule has 24 heavy (non-hydrogen) atoms. The fraction of sp³-hybridized carbons (Fsp3) is 0.176. The number of H-pyrrole nitrogens is 1. The predicted molar refractivity (Wildman–Crippen MR) is 81.0 cm³/mol. The van der Waals surface area contributed by atoms with Crippen molar-refractivity contribution < 1.29 is 18.3 Å². The minimum absolute atomic E-state index is 0.0306. The maximum absolute atomic E-state index is 13.5. The fourth-order valence-electron chi connectivity index (χ4n) is 2.84. The summed E-state index contributed by atoms with van der Waals surface area (Å²) in [5, 5.41) is 0. The van der Waals surface area contributed by atoms with E-state index in [2.05, 4.69) is 19.7 Å². The Hall–Kier alpha value is -2.96. The first kappa shape index (κ1) is 14.6. The number of pyridine rings is 1. The van der Waals surface area contributed by atoms with E-state index in [1.165, 1.54) is 6.07 Å². The van der Waals surface area contributed by atoms with Gasteiger partial charge in [-0.25, -0.2) is 4.98 Å². The van der Waals surface area contributed by atoms with Crippen LogP contribution in [0.15, 0.2) is 55.1 Å². The number of nitrogens with zero attached hydrogens (tertiary/aromatic N) is 2. The maximum atomic E-state index is 13.5. The van der Waals surface area contributed by atoms with Crippen LogP contribution in [0.5, 0.6) is 11.5 Å². The average molecular weight is 329 g/mol. The molecule has 0 unspecified atom stereocenters. The van der Waals surface area contributed by atoms with Gasteiger partial charge in [-0.15, -0.1) is 8.78 Å². The largest absolute Gasteiger partial charge is 0.586 e. The number of ether oxygens (including phenoxy) is 2. The highest BCUT2D eigenvalue weighted by Crippen LogP contribution is 2.47. The van der Waals surface area contributed by atoms with E-state index in [1.807, 2.05) is 18.2 Å². The second-order valence-corrected chi connectivity index (χ2v) is 5.43. The number of halogens is 2. The van der Waals surface area contributed by atoms with E-state index < -0.39 is 6.29 Å². The Labute approximate surface area is 136 Å². The number of hydrogen-bond acceptors (Lipinski definition) is 4. The fourth-order valence-corrected chi connectivity index (χ4v) is 2.84. The molecule has 0 amide bonds. The third-order valence-corrected chi connectivity index (χ3v) is 3.87. The normalized spacial score (nSPS) is 16.1.